The molecule has 3 N–H and O–H groups in total. The van der Waals surface area contributed by atoms with Gasteiger partial charge in [0, 0.05) is 6.42 Å². The average molecular weight is 385 g/mol. The van der Waals surface area contributed by atoms with Gasteiger partial charge < -0.3 is 10.1 Å². The Hall–Kier alpha value is -2.93. The summed E-state index contributed by atoms with van der Waals surface area (Å²) in [5, 5.41) is 2.56. The zero-order valence-corrected chi connectivity index (χ0v) is 16.2. The van der Waals surface area contributed by atoms with Crippen LogP contribution in [0.1, 0.15) is 23.1 Å². The lowest BCUT2D eigenvalue weighted by atomic mass is 10.1. The SMILES string of the molecule is Cc1cccc(OCC(=O)NNC(=S)NC(=O)CCc2ccccc2)c1C. The van der Waals surface area contributed by atoms with E-state index in [2.05, 4.69) is 16.2 Å². The zero-order chi connectivity index (χ0) is 19.6. The molecule has 0 spiro atoms. The second-order valence-corrected chi connectivity index (χ2v) is 6.43. The Morgan fingerprint density at radius 2 is 1.70 bits per heavy atom. The fraction of sp³-hybridized carbons (Fsp3) is 0.250. The summed E-state index contributed by atoms with van der Waals surface area (Å²) in [6.07, 6.45) is 0.918. The molecule has 0 aliphatic rings. The molecule has 0 heterocycles. The van der Waals surface area contributed by atoms with Gasteiger partial charge in [-0.2, -0.15) is 0 Å². The molecule has 2 aromatic rings. The predicted octanol–water partition coefficient (Wildman–Crippen LogP) is 2.34. The highest BCUT2D eigenvalue weighted by molar-refractivity contribution is 7.80. The number of aryl methyl sites for hydroxylation is 2. The van der Waals surface area contributed by atoms with Gasteiger partial charge in [-0.3, -0.25) is 20.4 Å². The second kappa shape index (κ2) is 10.3. The topological polar surface area (TPSA) is 79.5 Å². The van der Waals surface area contributed by atoms with Gasteiger partial charge in [-0.25, -0.2) is 0 Å². The van der Waals surface area contributed by atoms with Crippen LogP contribution in [0.3, 0.4) is 0 Å². The number of carbonyl (C=O) groups excluding carboxylic acids is 2. The number of hydrogen-bond donors (Lipinski definition) is 3. The van der Waals surface area contributed by atoms with Gasteiger partial charge in [0.2, 0.25) is 5.91 Å². The van der Waals surface area contributed by atoms with E-state index in [-0.39, 0.29) is 17.6 Å². The van der Waals surface area contributed by atoms with E-state index in [0.29, 0.717) is 18.6 Å². The quantitative estimate of drug-likeness (QED) is 0.525. The summed E-state index contributed by atoms with van der Waals surface area (Å²) >= 11 is 5.00. The first-order valence-corrected chi connectivity index (χ1v) is 8.98. The predicted molar refractivity (Wildman–Crippen MR) is 108 cm³/mol. The van der Waals surface area contributed by atoms with E-state index in [1.54, 1.807) is 6.07 Å². The van der Waals surface area contributed by atoms with Crippen LogP contribution in [0.15, 0.2) is 48.5 Å². The van der Waals surface area contributed by atoms with Crippen LogP contribution in [0.2, 0.25) is 0 Å². The molecule has 0 unspecified atom stereocenters. The molecule has 0 aliphatic heterocycles. The van der Waals surface area contributed by atoms with E-state index in [1.165, 1.54) is 0 Å². The molecule has 0 aliphatic carbocycles. The van der Waals surface area contributed by atoms with Crippen molar-refractivity contribution in [3.05, 3.63) is 65.2 Å². The van der Waals surface area contributed by atoms with Gasteiger partial charge >= 0.3 is 0 Å². The minimum Gasteiger partial charge on any atom is -0.483 e. The van der Waals surface area contributed by atoms with Gasteiger partial charge in [0.15, 0.2) is 11.7 Å². The van der Waals surface area contributed by atoms with Crippen molar-refractivity contribution in [2.24, 2.45) is 0 Å². The smallest absolute Gasteiger partial charge is 0.276 e. The van der Waals surface area contributed by atoms with Crippen molar-refractivity contribution in [2.75, 3.05) is 6.61 Å². The number of rotatable bonds is 6. The lowest BCUT2D eigenvalue weighted by molar-refractivity contribution is -0.124. The summed E-state index contributed by atoms with van der Waals surface area (Å²) < 4.78 is 5.50. The fourth-order valence-electron chi connectivity index (χ4n) is 2.31. The Morgan fingerprint density at radius 3 is 2.44 bits per heavy atom. The summed E-state index contributed by atoms with van der Waals surface area (Å²) in [6, 6.07) is 15.3. The molecule has 27 heavy (non-hydrogen) atoms. The summed E-state index contributed by atoms with van der Waals surface area (Å²) in [7, 11) is 0. The molecular formula is C20H23N3O3S. The Bertz CT molecular complexity index is 809. The fourth-order valence-corrected chi connectivity index (χ4v) is 2.47. The summed E-state index contributed by atoms with van der Waals surface area (Å²) in [5.74, 6) is 0.0240. The molecule has 2 rings (SSSR count). The minimum absolute atomic E-state index is 0.0353. The second-order valence-electron chi connectivity index (χ2n) is 6.02. The van der Waals surface area contributed by atoms with Crippen LogP contribution in [-0.4, -0.2) is 23.5 Å². The highest BCUT2D eigenvalue weighted by Crippen LogP contribution is 2.20. The van der Waals surface area contributed by atoms with Crippen LogP contribution in [0, 0.1) is 13.8 Å². The first kappa shape index (κ1) is 20.4. The maximum absolute atomic E-state index is 11.9. The van der Waals surface area contributed by atoms with Crippen molar-refractivity contribution < 1.29 is 14.3 Å². The number of carbonyl (C=O) groups is 2. The van der Waals surface area contributed by atoms with Crippen molar-refractivity contribution >= 4 is 29.1 Å². The minimum atomic E-state index is -0.406. The number of hydrogen-bond acceptors (Lipinski definition) is 4. The highest BCUT2D eigenvalue weighted by Gasteiger charge is 2.08. The third-order valence-corrected chi connectivity index (χ3v) is 4.17. The largest absolute Gasteiger partial charge is 0.483 e. The van der Waals surface area contributed by atoms with E-state index in [0.717, 1.165) is 16.7 Å². The van der Waals surface area contributed by atoms with E-state index < -0.39 is 5.91 Å². The summed E-state index contributed by atoms with van der Waals surface area (Å²) in [4.78, 5) is 23.7. The maximum Gasteiger partial charge on any atom is 0.276 e. The lowest BCUT2D eigenvalue weighted by Crippen LogP contribution is -2.49. The van der Waals surface area contributed by atoms with Gasteiger partial charge in [0.25, 0.3) is 5.91 Å². The number of ether oxygens (including phenoxy) is 1. The molecule has 6 nitrogen and oxygen atoms in total. The molecule has 0 saturated heterocycles. The monoisotopic (exact) mass is 385 g/mol. The Labute approximate surface area is 164 Å². The molecule has 2 aromatic carbocycles. The molecule has 0 bridgehead atoms. The summed E-state index contributed by atoms with van der Waals surface area (Å²) in [6.45, 7) is 3.74. The highest BCUT2D eigenvalue weighted by atomic mass is 32.1. The average Bonchev–Trinajstić information content (AvgIpc) is 2.66. The van der Waals surface area contributed by atoms with E-state index >= 15 is 0 Å². The van der Waals surface area contributed by atoms with Crippen molar-refractivity contribution in [1.29, 1.82) is 0 Å². The van der Waals surface area contributed by atoms with Gasteiger partial charge in [0.1, 0.15) is 5.75 Å². The Morgan fingerprint density at radius 1 is 0.963 bits per heavy atom. The molecular weight excluding hydrogens is 362 g/mol. The molecule has 0 aromatic heterocycles. The first-order chi connectivity index (χ1) is 13.0. The van der Waals surface area contributed by atoms with Crippen molar-refractivity contribution in [3.8, 4) is 5.75 Å². The third-order valence-electron chi connectivity index (χ3n) is 3.97. The number of hydrazine groups is 1. The van der Waals surface area contributed by atoms with Crippen LogP contribution in [0.5, 0.6) is 5.75 Å². The number of thiocarbonyl (C=S) groups is 1. The zero-order valence-electron chi connectivity index (χ0n) is 15.4. The van der Waals surface area contributed by atoms with Crippen molar-refractivity contribution in [2.45, 2.75) is 26.7 Å². The standard InChI is InChI=1S/C20H23N3O3S/c1-14-7-6-10-17(15(14)2)26-13-19(25)22-23-20(27)21-18(24)12-11-16-8-4-3-5-9-16/h3-10H,11-13H2,1-2H3,(H,22,25)(H2,21,23,24,27). The van der Waals surface area contributed by atoms with E-state index in [4.69, 9.17) is 17.0 Å². The van der Waals surface area contributed by atoms with Crippen LogP contribution in [0.4, 0.5) is 0 Å². The van der Waals surface area contributed by atoms with Gasteiger partial charge in [-0.15, -0.1) is 0 Å². The van der Waals surface area contributed by atoms with E-state index in [1.807, 2.05) is 56.3 Å². The molecule has 142 valence electrons. The Balaban J connectivity index is 1.66. The van der Waals surface area contributed by atoms with Gasteiger partial charge in [0.05, 0.1) is 0 Å². The first-order valence-electron chi connectivity index (χ1n) is 8.57. The number of benzene rings is 2. The number of amides is 2. The molecule has 0 fully saturated rings. The molecule has 2 amide bonds. The Kier molecular flexibility index (Phi) is 7.76. The van der Waals surface area contributed by atoms with Crippen molar-refractivity contribution in [3.63, 3.8) is 0 Å². The van der Waals surface area contributed by atoms with Gasteiger partial charge in [-0.05, 0) is 55.2 Å². The third kappa shape index (κ3) is 7.07. The van der Waals surface area contributed by atoms with Gasteiger partial charge in [-0.1, -0.05) is 42.5 Å². The number of nitrogens with one attached hydrogen (secondary N) is 3. The van der Waals surface area contributed by atoms with Crippen LogP contribution in [0.25, 0.3) is 0 Å². The molecule has 0 radical (unpaired) electrons. The molecule has 0 atom stereocenters. The van der Waals surface area contributed by atoms with Crippen LogP contribution < -0.4 is 20.9 Å². The maximum atomic E-state index is 11.9. The molecule has 0 saturated carbocycles. The lowest BCUT2D eigenvalue weighted by Gasteiger charge is -2.13. The van der Waals surface area contributed by atoms with E-state index in [9.17, 15) is 9.59 Å². The van der Waals surface area contributed by atoms with Crippen molar-refractivity contribution in [1.82, 2.24) is 16.2 Å². The molecule has 7 heteroatoms. The van der Waals surface area contributed by atoms with Crippen LogP contribution in [-0.2, 0) is 16.0 Å². The van der Waals surface area contributed by atoms with Crippen LogP contribution >= 0.6 is 12.2 Å². The normalized spacial score (nSPS) is 10.0. The summed E-state index contributed by atoms with van der Waals surface area (Å²) in [5.41, 5.74) is 8.04.